The van der Waals surface area contributed by atoms with Crippen LogP contribution in [-0.4, -0.2) is 24.1 Å². The van der Waals surface area contributed by atoms with E-state index in [-0.39, 0.29) is 12.3 Å². The van der Waals surface area contributed by atoms with Crippen molar-refractivity contribution in [3.05, 3.63) is 59.7 Å². The SMILES string of the molecule is COc1ccc([C@H]2[C@@H](C(=O)O)CCC(=O)N2c2ccc(C)cc2)cc1. The summed E-state index contributed by atoms with van der Waals surface area (Å²) < 4.78 is 5.18. The summed E-state index contributed by atoms with van der Waals surface area (Å²) in [6, 6.07) is 14.3. The molecule has 1 aliphatic heterocycles. The van der Waals surface area contributed by atoms with E-state index in [2.05, 4.69) is 0 Å². The van der Waals surface area contributed by atoms with Crippen LogP contribution in [-0.2, 0) is 9.59 Å². The predicted molar refractivity (Wildman–Crippen MR) is 94.8 cm³/mol. The van der Waals surface area contributed by atoms with Gasteiger partial charge in [-0.15, -0.1) is 0 Å². The van der Waals surface area contributed by atoms with Crippen molar-refractivity contribution >= 4 is 17.6 Å². The number of nitrogens with zero attached hydrogens (tertiary/aromatic N) is 1. The molecule has 2 aromatic carbocycles. The summed E-state index contributed by atoms with van der Waals surface area (Å²) in [6.45, 7) is 1.98. The smallest absolute Gasteiger partial charge is 0.308 e. The summed E-state index contributed by atoms with van der Waals surface area (Å²) in [7, 11) is 1.58. The van der Waals surface area contributed by atoms with Gasteiger partial charge in [-0.05, 0) is 43.2 Å². The number of benzene rings is 2. The van der Waals surface area contributed by atoms with Gasteiger partial charge in [0.05, 0.1) is 19.1 Å². The van der Waals surface area contributed by atoms with Crippen LogP contribution in [0.4, 0.5) is 5.69 Å². The first-order valence-corrected chi connectivity index (χ1v) is 8.26. The number of aryl methyl sites for hydroxylation is 1. The number of rotatable bonds is 4. The quantitative estimate of drug-likeness (QED) is 0.925. The second-order valence-electron chi connectivity index (χ2n) is 6.30. The molecule has 1 heterocycles. The molecule has 0 unspecified atom stereocenters. The van der Waals surface area contributed by atoms with E-state index in [4.69, 9.17) is 4.74 Å². The number of amides is 1. The Hall–Kier alpha value is -2.82. The predicted octanol–water partition coefficient (Wildman–Crippen LogP) is 3.57. The first kappa shape index (κ1) is 17.0. The number of methoxy groups -OCH3 is 1. The van der Waals surface area contributed by atoms with Crippen molar-refractivity contribution in [3.8, 4) is 5.75 Å². The van der Waals surface area contributed by atoms with E-state index < -0.39 is 17.9 Å². The number of hydrogen-bond donors (Lipinski definition) is 1. The van der Waals surface area contributed by atoms with Crippen molar-refractivity contribution in [1.29, 1.82) is 0 Å². The second kappa shape index (κ2) is 6.97. The molecule has 130 valence electrons. The van der Waals surface area contributed by atoms with Crippen molar-refractivity contribution in [2.24, 2.45) is 5.92 Å². The lowest BCUT2D eigenvalue weighted by Gasteiger charge is -2.40. The van der Waals surface area contributed by atoms with Crippen molar-refractivity contribution < 1.29 is 19.4 Å². The van der Waals surface area contributed by atoms with E-state index in [0.717, 1.165) is 16.8 Å². The van der Waals surface area contributed by atoms with Gasteiger partial charge in [-0.25, -0.2) is 0 Å². The lowest BCUT2D eigenvalue weighted by molar-refractivity contribution is -0.144. The van der Waals surface area contributed by atoms with Crippen LogP contribution in [0.5, 0.6) is 5.75 Å². The molecule has 5 heteroatoms. The summed E-state index contributed by atoms with van der Waals surface area (Å²) in [6.07, 6.45) is 0.574. The van der Waals surface area contributed by atoms with E-state index in [1.807, 2.05) is 43.3 Å². The lowest BCUT2D eigenvalue weighted by atomic mass is 9.84. The number of carboxylic acids is 1. The Morgan fingerprint density at radius 3 is 2.32 bits per heavy atom. The van der Waals surface area contributed by atoms with Crippen LogP contribution in [0.25, 0.3) is 0 Å². The van der Waals surface area contributed by atoms with Crippen LogP contribution in [0.2, 0.25) is 0 Å². The molecule has 0 radical (unpaired) electrons. The molecule has 1 fully saturated rings. The fourth-order valence-corrected chi connectivity index (χ4v) is 3.34. The standard InChI is InChI=1S/C20H21NO4/c1-13-3-7-15(8-4-13)21-18(22)12-11-17(20(23)24)19(21)14-5-9-16(25-2)10-6-14/h3-10,17,19H,11-12H2,1-2H3,(H,23,24)/t17-,19-/m0/s1. The Kier molecular flexibility index (Phi) is 4.74. The van der Waals surface area contributed by atoms with Gasteiger partial charge in [0.25, 0.3) is 0 Å². The molecule has 1 amide bonds. The fourth-order valence-electron chi connectivity index (χ4n) is 3.34. The van der Waals surface area contributed by atoms with Crippen molar-refractivity contribution in [2.75, 3.05) is 12.0 Å². The molecule has 0 saturated carbocycles. The highest BCUT2D eigenvalue weighted by Gasteiger charge is 2.41. The maximum Gasteiger partial charge on any atom is 0.308 e. The number of aliphatic carboxylic acids is 1. The molecule has 2 aromatic rings. The Bertz CT molecular complexity index is 767. The van der Waals surface area contributed by atoms with Gasteiger partial charge < -0.3 is 14.7 Å². The van der Waals surface area contributed by atoms with E-state index in [1.165, 1.54) is 0 Å². The highest BCUT2D eigenvalue weighted by molar-refractivity contribution is 5.96. The van der Waals surface area contributed by atoms with Crippen LogP contribution in [0, 0.1) is 12.8 Å². The van der Waals surface area contributed by atoms with E-state index in [9.17, 15) is 14.7 Å². The molecule has 0 aromatic heterocycles. The lowest BCUT2D eigenvalue weighted by Crippen LogP contribution is -2.45. The van der Waals surface area contributed by atoms with Crippen LogP contribution in [0.1, 0.15) is 30.0 Å². The normalized spacial score (nSPS) is 20.4. The summed E-state index contributed by atoms with van der Waals surface area (Å²) in [5, 5.41) is 9.70. The number of anilines is 1. The van der Waals surface area contributed by atoms with Gasteiger partial charge >= 0.3 is 5.97 Å². The van der Waals surface area contributed by atoms with Crippen molar-refractivity contribution in [1.82, 2.24) is 0 Å². The summed E-state index contributed by atoms with van der Waals surface area (Å²) >= 11 is 0. The molecule has 2 atom stereocenters. The zero-order valence-corrected chi connectivity index (χ0v) is 14.3. The third-order valence-corrected chi connectivity index (χ3v) is 4.68. The number of carbonyl (C=O) groups excluding carboxylic acids is 1. The molecule has 25 heavy (non-hydrogen) atoms. The summed E-state index contributed by atoms with van der Waals surface area (Å²) in [4.78, 5) is 26.1. The third-order valence-electron chi connectivity index (χ3n) is 4.68. The molecular formula is C20H21NO4. The maximum absolute atomic E-state index is 12.7. The fraction of sp³-hybridized carbons (Fsp3) is 0.300. The second-order valence-corrected chi connectivity index (χ2v) is 6.30. The van der Waals surface area contributed by atoms with Crippen molar-refractivity contribution in [3.63, 3.8) is 0 Å². The van der Waals surface area contributed by atoms with Gasteiger partial charge in [0.15, 0.2) is 0 Å². The van der Waals surface area contributed by atoms with Crippen molar-refractivity contribution in [2.45, 2.75) is 25.8 Å². The number of piperidine rings is 1. The minimum Gasteiger partial charge on any atom is -0.497 e. The first-order chi connectivity index (χ1) is 12.0. The number of ether oxygens (including phenoxy) is 1. The summed E-state index contributed by atoms with van der Waals surface area (Å²) in [5.41, 5.74) is 2.60. The number of carboxylic acid groups (broad SMARTS) is 1. The van der Waals surface area contributed by atoms with E-state index in [1.54, 1.807) is 24.1 Å². The maximum atomic E-state index is 12.7. The van der Waals surface area contributed by atoms with Gasteiger partial charge in [-0.3, -0.25) is 9.59 Å². The molecule has 0 bridgehead atoms. The molecule has 1 aliphatic rings. The monoisotopic (exact) mass is 339 g/mol. The molecule has 0 aliphatic carbocycles. The highest BCUT2D eigenvalue weighted by atomic mass is 16.5. The average Bonchev–Trinajstić information content (AvgIpc) is 2.62. The zero-order chi connectivity index (χ0) is 18.0. The summed E-state index contributed by atoms with van der Waals surface area (Å²) in [5.74, 6) is -0.889. The minimum atomic E-state index is -0.884. The Morgan fingerprint density at radius 2 is 1.76 bits per heavy atom. The van der Waals surface area contributed by atoms with Gasteiger partial charge in [-0.1, -0.05) is 29.8 Å². The molecule has 3 rings (SSSR count). The van der Waals surface area contributed by atoms with Gasteiger partial charge in [0, 0.05) is 12.1 Å². The Labute approximate surface area is 146 Å². The average molecular weight is 339 g/mol. The molecule has 5 nitrogen and oxygen atoms in total. The van der Waals surface area contributed by atoms with E-state index in [0.29, 0.717) is 12.2 Å². The number of hydrogen-bond acceptors (Lipinski definition) is 3. The van der Waals surface area contributed by atoms with Gasteiger partial charge in [-0.2, -0.15) is 0 Å². The minimum absolute atomic E-state index is 0.0535. The number of carbonyl (C=O) groups is 2. The van der Waals surface area contributed by atoms with Crippen LogP contribution in [0.15, 0.2) is 48.5 Å². The third kappa shape index (κ3) is 3.36. The molecule has 0 spiro atoms. The molecule has 1 saturated heterocycles. The first-order valence-electron chi connectivity index (χ1n) is 8.26. The van der Waals surface area contributed by atoms with Crippen LogP contribution >= 0.6 is 0 Å². The highest BCUT2D eigenvalue weighted by Crippen LogP contribution is 2.40. The molecule has 1 N–H and O–H groups in total. The Balaban J connectivity index is 2.07. The topological polar surface area (TPSA) is 66.8 Å². The van der Waals surface area contributed by atoms with E-state index >= 15 is 0 Å². The molecular weight excluding hydrogens is 318 g/mol. The largest absolute Gasteiger partial charge is 0.497 e. The zero-order valence-electron chi connectivity index (χ0n) is 14.3. The van der Waals surface area contributed by atoms with Crippen LogP contribution in [0.3, 0.4) is 0 Å². The van der Waals surface area contributed by atoms with Crippen LogP contribution < -0.4 is 9.64 Å². The van der Waals surface area contributed by atoms with Gasteiger partial charge in [0.2, 0.25) is 5.91 Å². The van der Waals surface area contributed by atoms with Gasteiger partial charge in [0.1, 0.15) is 5.75 Å². The Morgan fingerprint density at radius 1 is 1.12 bits per heavy atom.